The first-order valence-electron chi connectivity index (χ1n) is 15.1. The second-order valence-corrected chi connectivity index (χ2v) is 15.0. The molecular formula is C32H64N2+2. The Kier molecular flexibility index (Phi) is 8.10. The van der Waals surface area contributed by atoms with Crippen LogP contribution in [0.2, 0.25) is 0 Å². The number of rotatable bonds is 6. The molecule has 0 radical (unpaired) electrons. The fourth-order valence-electron chi connectivity index (χ4n) is 9.90. The lowest BCUT2D eigenvalue weighted by atomic mass is 9.65. The predicted molar refractivity (Wildman–Crippen MR) is 150 cm³/mol. The largest absolute Gasteiger partial charge is 0.323 e. The molecule has 0 N–H and O–H groups in total. The number of piperidine rings is 2. The first-order chi connectivity index (χ1) is 15.4. The summed E-state index contributed by atoms with van der Waals surface area (Å²) in [5.41, 5.74) is 2.19. The normalized spacial score (nSPS) is 51.2. The Morgan fingerprint density at radius 1 is 0.500 bits per heavy atom. The van der Waals surface area contributed by atoms with Gasteiger partial charge in [0.25, 0.3) is 0 Å². The number of hydrogen-bond donors (Lipinski definition) is 0. The fraction of sp³-hybridized carbons (Fsp3) is 1.00. The van der Waals surface area contributed by atoms with Crippen molar-refractivity contribution in [2.45, 2.75) is 121 Å². The molecule has 0 aromatic carbocycles. The predicted octanol–water partition coefficient (Wildman–Crippen LogP) is 8.16. The smallest absolute Gasteiger partial charge is 0.0848 e. The van der Waals surface area contributed by atoms with E-state index < -0.39 is 0 Å². The maximum atomic E-state index is 2.61. The number of quaternary nitrogens is 2. The molecule has 4 aliphatic heterocycles. The highest BCUT2D eigenvalue weighted by Gasteiger charge is 2.60. The van der Waals surface area contributed by atoms with Gasteiger partial charge in [-0.2, -0.15) is 0 Å². The Labute approximate surface area is 215 Å². The molecule has 0 aliphatic carbocycles. The lowest BCUT2D eigenvalue weighted by molar-refractivity contribution is -0.928. The van der Waals surface area contributed by atoms with Crippen LogP contribution in [0.5, 0.6) is 0 Å². The minimum Gasteiger partial charge on any atom is -0.323 e. The molecule has 4 unspecified atom stereocenters. The van der Waals surface area contributed by atoms with Crippen molar-refractivity contribution in [2.24, 2.45) is 33.5 Å². The van der Waals surface area contributed by atoms with Crippen LogP contribution in [0.25, 0.3) is 0 Å². The van der Waals surface area contributed by atoms with Crippen molar-refractivity contribution < 1.29 is 8.97 Å². The van der Waals surface area contributed by atoms with Crippen molar-refractivity contribution in [1.82, 2.24) is 0 Å². The third-order valence-electron chi connectivity index (χ3n) is 13.5. The monoisotopic (exact) mass is 477 g/mol. The first-order valence-corrected chi connectivity index (χ1v) is 15.1. The van der Waals surface area contributed by atoms with E-state index in [0.717, 1.165) is 11.8 Å². The van der Waals surface area contributed by atoms with E-state index in [1.54, 1.807) is 6.42 Å². The zero-order chi connectivity index (χ0) is 24.2. The number of nitrogens with zero attached hydrogens (tertiary/aromatic N) is 2. The van der Waals surface area contributed by atoms with Gasteiger partial charge in [0.1, 0.15) is 0 Å². The van der Waals surface area contributed by atoms with Gasteiger partial charge in [0, 0.05) is 21.7 Å². The van der Waals surface area contributed by atoms with Crippen molar-refractivity contribution in [3.05, 3.63) is 0 Å². The third-order valence-corrected chi connectivity index (χ3v) is 13.5. The van der Waals surface area contributed by atoms with E-state index in [1.165, 1.54) is 113 Å². The molecule has 4 heterocycles. The molecule has 4 saturated heterocycles. The van der Waals surface area contributed by atoms with Gasteiger partial charge in [-0.3, -0.25) is 0 Å². The highest BCUT2D eigenvalue weighted by atomic mass is 15.4. The Bertz CT molecular complexity index is 587. The van der Waals surface area contributed by atoms with E-state index in [4.69, 9.17) is 0 Å². The van der Waals surface area contributed by atoms with E-state index in [-0.39, 0.29) is 7.43 Å². The third kappa shape index (κ3) is 4.55. The van der Waals surface area contributed by atoms with Gasteiger partial charge in [0.15, 0.2) is 0 Å². The molecule has 0 saturated carbocycles. The molecule has 2 heteroatoms. The van der Waals surface area contributed by atoms with E-state index in [1.807, 2.05) is 0 Å². The molecular weight excluding hydrogens is 412 g/mol. The van der Waals surface area contributed by atoms with E-state index in [2.05, 4.69) is 55.4 Å². The molecule has 4 atom stereocenters. The van der Waals surface area contributed by atoms with E-state index >= 15 is 0 Å². The first kappa shape index (κ1) is 28.5. The van der Waals surface area contributed by atoms with Crippen molar-refractivity contribution >= 4 is 0 Å². The maximum Gasteiger partial charge on any atom is 0.0848 e. The summed E-state index contributed by atoms with van der Waals surface area (Å²) in [6.07, 6.45) is 13.0. The molecule has 2 spiro atoms. The Balaban J connectivity index is 0.00000324. The molecule has 0 bridgehead atoms. The van der Waals surface area contributed by atoms with Gasteiger partial charge >= 0.3 is 0 Å². The highest BCUT2D eigenvalue weighted by Crippen LogP contribution is 2.56. The van der Waals surface area contributed by atoms with Crippen LogP contribution >= 0.6 is 0 Å². The molecule has 2 nitrogen and oxygen atoms in total. The second kappa shape index (κ2) is 9.66. The van der Waals surface area contributed by atoms with Crippen molar-refractivity contribution in [3.63, 3.8) is 0 Å². The van der Waals surface area contributed by atoms with Crippen LogP contribution in [0, 0.1) is 33.5 Å². The summed E-state index contributed by atoms with van der Waals surface area (Å²) in [6, 6.07) is 0. The maximum absolute atomic E-state index is 2.61. The summed E-state index contributed by atoms with van der Waals surface area (Å²) in [7, 11) is 0. The fourth-order valence-corrected chi connectivity index (χ4v) is 9.90. The van der Waals surface area contributed by atoms with Gasteiger partial charge in [-0.25, -0.2) is 0 Å². The highest BCUT2D eigenvalue weighted by molar-refractivity contribution is 4.98. The number of hydrogen-bond acceptors (Lipinski definition) is 0. The van der Waals surface area contributed by atoms with Crippen molar-refractivity contribution in [2.75, 3.05) is 52.4 Å². The summed E-state index contributed by atoms with van der Waals surface area (Å²) in [4.78, 5) is 0. The topological polar surface area (TPSA) is 0 Å². The van der Waals surface area contributed by atoms with E-state index in [9.17, 15) is 0 Å². The van der Waals surface area contributed by atoms with Crippen molar-refractivity contribution in [1.29, 1.82) is 0 Å². The molecule has 0 aromatic heterocycles. The van der Waals surface area contributed by atoms with Crippen LogP contribution < -0.4 is 0 Å². The van der Waals surface area contributed by atoms with Gasteiger partial charge in [-0.05, 0) is 69.6 Å². The second-order valence-electron chi connectivity index (χ2n) is 15.0. The Morgan fingerprint density at radius 3 is 0.941 bits per heavy atom. The minimum absolute atomic E-state index is 0. The van der Waals surface area contributed by atoms with Gasteiger partial charge < -0.3 is 8.97 Å². The summed E-state index contributed by atoms with van der Waals surface area (Å²) < 4.78 is 2.92. The molecule has 0 amide bonds. The molecule has 4 fully saturated rings. The van der Waals surface area contributed by atoms with Gasteiger partial charge in [0.05, 0.1) is 52.4 Å². The summed E-state index contributed by atoms with van der Waals surface area (Å²) in [5.74, 6) is 2.04. The SMILES string of the molecule is C.CCC1(C)C[N+]2(CCC(CC3CC[N+]4(CC3)CC(C)(CC)C(C)(CC)C4)CC2)CC1(C)CC. The molecule has 4 rings (SSSR count). The van der Waals surface area contributed by atoms with Gasteiger partial charge in [-0.1, -0.05) is 62.8 Å². The van der Waals surface area contributed by atoms with Gasteiger partial charge in [-0.15, -0.1) is 0 Å². The zero-order valence-corrected chi connectivity index (χ0v) is 24.1. The van der Waals surface area contributed by atoms with Crippen LogP contribution in [0.1, 0.15) is 121 Å². The summed E-state index contributed by atoms with van der Waals surface area (Å²) >= 11 is 0. The zero-order valence-electron chi connectivity index (χ0n) is 24.1. The van der Waals surface area contributed by atoms with Gasteiger partial charge in [0.2, 0.25) is 0 Å². The summed E-state index contributed by atoms with van der Waals surface area (Å²) in [6.45, 7) is 32.0. The quantitative estimate of drug-likeness (QED) is 0.339. The van der Waals surface area contributed by atoms with Crippen LogP contribution in [0.4, 0.5) is 0 Å². The molecule has 0 aromatic rings. The standard InChI is InChI=1S/C31H60N2.CH4/c1-9-28(5)22-32(23-29(28,6)10-2)17-13-26(14-18-32)21-27-15-19-33(20-16-27)24-30(7,11-3)31(8,12-4)25-33;/h26-27H,9-25H2,1-8H3;1H4/q+2;. The Morgan fingerprint density at radius 2 is 0.735 bits per heavy atom. The van der Waals surface area contributed by atoms with Crippen LogP contribution in [0.15, 0.2) is 0 Å². The average molecular weight is 477 g/mol. The lowest BCUT2D eigenvalue weighted by Gasteiger charge is -2.45. The summed E-state index contributed by atoms with van der Waals surface area (Å²) in [5, 5.41) is 0. The average Bonchev–Trinajstić information content (AvgIpc) is 3.17. The van der Waals surface area contributed by atoms with Crippen LogP contribution in [-0.2, 0) is 0 Å². The van der Waals surface area contributed by atoms with E-state index in [0.29, 0.717) is 21.7 Å². The lowest BCUT2D eigenvalue weighted by Crippen LogP contribution is -2.54. The Hall–Kier alpha value is -0.0800. The molecule has 200 valence electrons. The van der Waals surface area contributed by atoms with Crippen LogP contribution in [-0.4, -0.2) is 61.3 Å². The van der Waals surface area contributed by atoms with Crippen molar-refractivity contribution in [3.8, 4) is 0 Å². The molecule has 34 heavy (non-hydrogen) atoms. The minimum atomic E-state index is 0. The van der Waals surface area contributed by atoms with Crippen LogP contribution in [0.3, 0.4) is 0 Å². The molecule has 4 aliphatic rings.